The molecule has 106 valence electrons. The highest BCUT2D eigenvalue weighted by Crippen LogP contribution is 2.27. The summed E-state index contributed by atoms with van der Waals surface area (Å²) in [5.74, 6) is 1.31. The molecular formula is C16H18BrNO2. The van der Waals surface area contributed by atoms with E-state index >= 15 is 0 Å². The minimum Gasteiger partial charge on any atom is -0.439 e. The monoisotopic (exact) mass is 335 g/mol. The summed E-state index contributed by atoms with van der Waals surface area (Å²) in [6.07, 6.45) is 1.89. The number of nitrogens with zero attached hydrogens (tertiary/aromatic N) is 1. The summed E-state index contributed by atoms with van der Waals surface area (Å²) < 4.78 is 6.87. The van der Waals surface area contributed by atoms with Crippen molar-refractivity contribution in [3.63, 3.8) is 0 Å². The molecule has 0 saturated carbocycles. The van der Waals surface area contributed by atoms with Gasteiger partial charge in [-0.15, -0.1) is 0 Å². The molecule has 0 radical (unpaired) electrons. The lowest BCUT2D eigenvalue weighted by Gasteiger charge is -2.11. The van der Waals surface area contributed by atoms with Crippen LogP contribution in [0.15, 0.2) is 34.8 Å². The minimum atomic E-state index is -0.00505. The fourth-order valence-electron chi connectivity index (χ4n) is 1.99. The first kappa shape index (κ1) is 15.0. The molecular weight excluding hydrogens is 318 g/mol. The zero-order chi connectivity index (χ0) is 14.5. The van der Waals surface area contributed by atoms with E-state index in [-0.39, 0.29) is 6.61 Å². The van der Waals surface area contributed by atoms with E-state index in [4.69, 9.17) is 4.74 Å². The van der Waals surface area contributed by atoms with E-state index in [2.05, 4.69) is 27.8 Å². The maximum absolute atomic E-state index is 9.32. The van der Waals surface area contributed by atoms with Gasteiger partial charge in [-0.3, -0.25) is 0 Å². The lowest BCUT2D eigenvalue weighted by Crippen LogP contribution is -1.97. The summed E-state index contributed by atoms with van der Waals surface area (Å²) in [5.41, 5.74) is 2.81. The molecule has 2 aromatic rings. The zero-order valence-corrected chi connectivity index (χ0v) is 13.3. The van der Waals surface area contributed by atoms with E-state index in [9.17, 15) is 5.11 Å². The van der Waals surface area contributed by atoms with E-state index in [0.29, 0.717) is 5.88 Å². The zero-order valence-electron chi connectivity index (χ0n) is 11.7. The number of benzene rings is 1. The SMILES string of the molecule is CCCc1cc(CO)cc(Oc2ccc(Br)cc2C)n1. The maximum atomic E-state index is 9.32. The molecule has 1 aromatic heterocycles. The number of ether oxygens (including phenoxy) is 1. The molecule has 1 N–H and O–H groups in total. The van der Waals surface area contributed by atoms with Gasteiger partial charge in [-0.05, 0) is 48.7 Å². The van der Waals surface area contributed by atoms with Crippen molar-refractivity contribution in [2.45, 2.75) is 33.3 Å². The summed E-state index contributed by atoms with van der Waals surface area (Å²) in [6.45, 7) is 4.09. The van der Waals surface area contributed by atoms with Crippen molar-refractivity contribution in [1.29, 1.82) is 0 Å². The van der Waals surface area contributed by atoms with Crippen LogP contribution in [0.25, 0.3) is 0 Å². The Labute approximate surface area is 127 Å². The summed E-state index contributed by atoms with van der Waals surface area (Å²) in [4.78, 5) is 4.48. The van der Waals surface area contributed by atoms with Gasteiger partial charge in [-0.25, -0.2) is 4.98 Å². The largest absolute Gasteiger partial charge is 0.439 e. The maximum Gasteiger partial charge on any atom is 0.219 e. The van der Waals surface area contributed by atoms with Gasteiger partial charge in [0.15, 0.2) is 0 Å². The number of halogens is 1. The molecule has 1 heterocycles. The van der Waals surface area contributed by atoms with Gasteiger partial charge in [-0.1, -0.05) is 29.3 Å². The van der Waals surface area contributed by atoms with Crippen molar-refractivity contribution in [2.75, 3.05) is 0 Å². The first-order chi connectivity index (χ1) is 9.62. The normalized spacial score (nSPS) is 10.6. The van der Waals surface area contributed by atoms with Crippen molar-refractivity contribution in [2.24, 2.45) is 0 Å². The quantitative estimate of drug-likeness (QED) is 0.881. The van der Waals surface area contributed by atoms with Gasteiger partial charge in [0, 0.05) is 16.2 Å². The summed E-state index contributed by atoms with van der Waals surface area (Å²) in [6, 6.07) is 9.54. The highest BCUT2D eigenvalue weighted by Gasteiger charge is 2.07. The van der Waals surface area contributed by atoms with E-state index < -0.39 is 0 Å². The molecule has 0 aliphatic carbocycles. The number of rotatable bonds is 5. The molecule has 0 atom stereocenters. The van der Waals surface area contributed by atoms with Gasteiger partial charge >= 0.3 is 0 Å². The molecule has 0 bridgehead atoms. The average Bonchev–Trinajstić information content (AvgIpc) is 2.42. The molecule has 1 aromatic carbocycles. The van der Waals surface area contributed by atoms with Gasteiger partial charge < -0.3 is 9.84 Å². The second-order valence-electron chi connectivity index (χ2n) is 4.72. The highest BCUT2D eigenvalue weighted by atomic mass is 79.9. The Morgan fingerprint density at radius 3 is 2.70 bits per heavy atom. The second kappa shape index (κ2) is 6.86. The number of aromatic nitrogens is 1. The third-order valence-corrected chi connectivity index (χ3v) is 3.45. The van der Waals surface area contributed by atoms with Crippen LogP contribution in [0.5, 0.6) is 11.6 Å². The van der Waals surface area contributed by atoms with Crippen molar-refractivity contribution in [1.82, 2.24) is 4.98 Å². The first-order valence-electron chi connectivity index (χ1n) is 6.67. The Bertz CT molecular complexity index is 599. The molecule has 0 fully saturated rings. The standard InChI is InChI=1S/C16H18BrNO2/c1-3-4-14-8-12(10-19)9-16(18-14)20-15-6-5-13(17)7-11(15)2/h5-9,19H,3-4,10H2,1-2H3. The van der Waals surface area contributed by atoms with Crippen LogP contribution in [-0.4, -0.2) is 10.1 Å². The van der Waals surface area contributed by atoms with Gasteiger partial charge in [0.1, 0.15) is 5.75 Å². The van der Waals surface area contributed by atoms with Crippen LogP contribution in [-0.2, 0) is 13.0 Å². The van der Waals surface area contributed by atoms with E-state index in [1.54, 1.807) is 6.07 Å². The van der Waals surface area contributed by atoms with Crippen molar-refractivity contribution >= 4 is 15.9 Å². The number of hydrogen-bond acceptors (Lipinski definition) is 3. The van der Waals surface area contributed by atoms with Crippen LogP contribution < -0.4 is 4.74 Å². The predicted molar refractivity (Wildman–Crippen MR) is 83.1 cm³/mol. The number of hydrogen-bond donors (Lipinski definition) is 1. The van der Waals surface area contributed by atoms with Gasteiger partial charge in [0.2, 0.25) is 5.88 Å². The van der Waals surface area contributed by atoms with Crippen LogP contribution in [0, 0.1) is 6.92 Å². The molecule has 0 unspecified atom stereocenters. The minimum absolute atomic E-state index is 0.00505. The van der Waals surface area contributed by atoms with Crippen LogP contribution in [0.2, 0.25) is 0 Å². The molecule has 0 aliphatic rings. The van der Waals surface area contributed by atoms with Gasteiger partial charge in [0.05, 0.1) is 6.61 Å². The third-order valence-electron chi connectivity index (χ3n) is 2.95. The molecule has 0 spiro atoms. The second-order valence-corrected chi connectivity index (χ2v) is 5.64. The van der Waals surface area contributed by atoms with Crippen molar-refractivity contribution < 1.29 is 9.84 Å². The lowest BCUT2D eigenvalue weighted by molar-refractivity contribution is 0.280. The number of aliphatic hydroxyl groups is 1. The summed E-state index contributed by atoms with van der Waals surface area (Å²) >= 11 is 3.43. The summed E-state index contributed by atoms with van der Waals surface area (Å²) in [5, 5.41) is 9.32. The number of pyridine rings is 1. The molecule has 0 amide bonds. The predicted octanol–water partition coefficient (Wildman–Crippen LogP) is 4.39. The van der Waals surface area contributed by atoms with Crippen LogP contribution in [0.3, 0.4) is 0 Å². The van der Waals surface area contributed by atoms with Crippen LogP contribution in [0.1, 0.15) is 30.2 Å². The Morgan fingerprint density at radius 1 is 1.25 bits per heavy atom. The smallest absolute Gasteiger partial charge is 0.219 e. The Hall–Kier alpha value is -1.39. The molecule has 0 aliphatic heterocycles. The Morgan fingerprint density at radius 2 is 2.05 bits per heavy atom. The van der Waals surface area contributed by atoms with Gasteiger partial charge in [0.25, 0.3) is 0 Å². The number of aryl methyl sites for hydroxylation is 2. The average molecular weight is 336 g/mol. The van der Waals surface area contributed by atoms with E-state index in [1.807, 2.05) is 31.2 Å². The highest BCUT2D eigenvalue weighted by molar-refractivity contribution is 9.10. The Kier molecular flexibility index (Phi) is 5.15. The first-order valence-corrected chi connectivity index (χ1v) is 7.46. The van der Waals surface area contributed by atoms with Crippen molar-refractivity contribution in [3.8, 4) is 11.6 Å². The van der Waals surface area contributed by atoms with Crippen LogP contribution >= 0.6 is 15.9 Å². The number of aliphatic hydroxyl groups excluding tert-OH is 1. The Balaban J connectivity index is 2.29. The van der Waals surface area contributed by atoms with Crippen LogP contribution in [0.4, 0.5) is 0 Å². The molecule has 4 heteroatoms. The topological polar surface area (TPSA) is 42.4 Å². The molecule has 3 nitrogen and oxygen atoms in total. The van der Waals surface area contributed by atoms with E-state index in [1.165, 1.54) is 0 Å². The fourth-order valence-corrected chi connectivity index (χ4v) is 2.46. The van der Waals surface area contributed by atoms with Gasteiger partial charge in [-0.2, -0.15) is 0 Å². The molecule has 2 rings (SSSR count). The molecule has 0 saturated heterocycles. The van der Waals surface area contributed by atoms with Crippen molar-refractivity contribution in [3.05, 3.63) is 51.6 Å². The lowest BCUT2D eigenvalue weighted by atomic mass is 10.2. The van der Waals surface area contributed by atoms with E-state index in [0.717, 1.165) is 39.9 Å². The summed E-state index contributed by atoms with van der Waals surface area (Å²) in [7, 11) is 0. The molecule has 20 heavy (non-hydrogen) atoms. The fraction of sp³-hybridized carbons (Fsp3) is 0.312. The third kappa shape index (κ3) is 3.81.